The van der Waals surface area contributed by atoms with Gasteiger partial charge in [0.05, 0.1) is 0 Å². The smallest absolute Gasteiger partial charge is 0.0454 e. The van der Waals surface area contributed by atoms with E-state index < -0.39 is 0 Å². The maximum atomic E-state index is 3.88. The highest BCUT2D eigenvalue weighted by molar-refractivity contribution is 7.12. The number of hydrogen-bond acceptors (Lipinski definition) is 4. The van der Waals surface area contributed by atoms with Crippen LogP contribution in [0.25, 0.3) is 0 Å². The largest absolute Gasteiger partial charge is 0.304 e. The molecule has 2 aromatic rings. The summed E-state index contributed by atoms with van der Waals surface area (Å²) in [5.41, 5.74) is 1.39. The van der Waals surface area contributed by atoms with Crippen LogP contribution in [-0.4, -0.2) is 49.6 Å². The maximum Gasteiger partial charge on any atom is 0.0454 e. The second kappa shape index (κ2) is 8.26. The number of nitrogens with zero attached hydrogens (tertiary/aromatic N) is 2. The van der Waals surface area contributed by atoms with Crippen molar-refractivity contribution in [3.05, 3.63) is 57.8 Å². The van der Waals surface area contributed by atoms with Crippen LogP contribution < -0.4 is 5.32 Å². The minimum atomic E-state index is 0.368. The molecular formula is C20H29N3S. The average molecular weight is 344 g/mol. The first-order valence-corrected chi connectivity index (χ1v) is 9.71. The summed E-state index contributed by atoms with van der Waals surface area (Å²) in [5.74, 6) is 0. The van der Waals surface area contributed by atoms with E-state index >= 15 is 0 Å². The van der Waals surface area contributed by atoms with Crippen LogP contribution >= 0.6 is 11.3 Å². The van der Waals surface area contributed by atoms with Crippen molar-refractivity contribution in [1.29, 1.82) is 0 Å². The molecule has 1 fully saturated rings. The van der Waals surface area contributed by atoms with Gasteiger partial charge in [0, 0.05) is 54.6 Å². The zero-order valence-corrected chi connectivity index (χ0v) is 15.9. The molecule has 1 aromatic heterocycles. The summed E-state index contributed by atoms with van der Waals surface area (Å²) < 4.78 is 0. The molecule has 4 heteroatoms. The fourth-order valence-corrected chi connectivity index (χ4v) is 4.19. The molecule has 2 atom stereocenters. The van der Waals surface area contributed by atoms with Crippen molar-refractivity contribution in [3.63, 3.8) is 0 Å². The van der Waals surface area contributed by atoms with E-state index in [9.17, 15) is 0 Å². The zero-order valence-electron chi connectivity index (χ0n) is 15.0. The summed E-state index contributed by atoms with van der Waals surface area (Å²) in [4.78, 5) is 7.82. The minimum absolute atomic E-state index is 0.368. The van der Waals surface area contributed by atoms with Crippen LogP contribution in [-0.2, 0) is 0 Å². The number of hydrogen-bond donors (Lipinski definition) is 1. The van der Waals surface area contributed by atoms with Crippen LogP contribution in [0.2, 0.25) is 0 Å². The van der Waals surface area contributed by atoms with Gasteiger partial charge >= 0.3 is 0 Å². The van der Waals surface area contributed by atoms with E-state index in [1.165, 1.54) is 28.4 Å². The van der Waals surface area contributed by atoms with E-state index in [4.69, 9.17) is 0 Å². The van der Waals surface area contributed by atoms with Crippen molar-refractivity contribution in [2.75, 3.05) is 39.8 Å². The first kappa shape index (κ1) is 17.6. The number of thiophene rings is 1. The second-order valence-electron chi connectivity index (χ2n) is 6.90. The van der Waals surface area contributed by atoms with Gasteiger partial charge < -0.3 is 10.2 Å². The number of nitrogens with one attached hydrogen (secondary N) is 1. The van der Waals surface area contributed by atoms with Crippen molar-refractivity contribution in [2.45, 2.75) is 25.9 Å². The highest BCUT2D eigenvalue weighted by Gasteiger charge is 2.21. The molecule has 0 saturated carbocycles. The number of aryl methyl sites for hydroxylation is 1. The van der Waals surface area contributed by atoms with Gasteiger partial charge in [0.15, 0.2) is 0 Å². The lowest BCUT2D eigenvalue weighted by atomic mass is 10.0. The van der Waals surface area contributed by atoms with E-state index in [0.29, 0.717) is 12.1 Å². The molecule has 1 saturated heterocycles. The average Bonchev–Trinajstić information content (AvgIpc) is 3.03. The topological polar surface area (TPSA) is 18.5 Å². The molecule has 3 rings (SSSR count). The van der Waals surface area contributed by atoms with Crippen LogP contribution in [0.15, 0.2) is 42.5 Å². The van der Waals surface area contributed by atoms with E-state index in [2.05, 4.69) is 78.5 Å². The van der Waals surface area contributed by atoms with E-state index in [-0.39, 0.29) is 0 Å². The lowest BCUT2D eigenvalue weighted by Crippen LogP contribution is -2.47. The minimum Gasteiger partial charge on any atom is -0.304 e. The van der Waals surface area contributed by atoms with Crippen molar-refractivity contribution in [2.24, 2.45) is 0 Å². The summed E-state index contributed by atoms with van der Waals surface area (Å²) >= 11 is 1.90. The quantitative estimate of drug-likeness (QED) is 0.863. The summed E-state index contributed by atoms with van der Waals surface area (Å²) in [5, 5.41) is 3.88. The van der Waals surface area contributed by atoms with Gasteiger partial charge in [-0.1, -0.05) is 30.3 Å². The van der Waals surface area contributed by atoms with Gasteiger partial charge in [-0.05, 0) is 38.6 Å². The van der Waals surface area contributed by atoms with Crippen molar-refractivity contribution in [1.82, 2.24) is 15.1 Å². The molecule has 0 amide bonds. The molecule has 0 spiro atoms. The Balaban J connectivity index is 1.70. The maximum absolute atomic E-state index is 3.88. The van der Waals surface area contributed by atoms with E-state index in [1.54, 1.807) is 0 Å². The van der Waals surface area contributed by atoms with Crippen LogP contribution in [0.1, 0.15) is 34.3 Å². The molecule has 0 unspecified atom stereocenters. The molecule has 1 aliphatic heterocycles. The van der Waals surface area contributed by atoms with Gasteiger partial charge in [0.25, 0.3) is 0 Å². The van der Waals surface area contributed by atoms with E-state index in [0.717, 1.165) is 19.6 Å². The molecule has 1 aliphatic rings. The normalized spacial score (nSPS) is 19.3. The van der Waals surface area contributed by atoms with Gasteiger partial charge in [0.1, 0.15) is 0 Å². The predicted octanol–water partition coefficient (Wildman–Crippen LogP) is 3.70. The molecule has 1 N–H and O–H groups in total. The third-order valence-corrected chi connectivity index (χ3v) is 6.06. The molecule has 2 heterocycles. The molecule has 0 radical (unpaired) electrons. The number of rotatable bonds is 6. The van der Waals surface area contributed by atoms with Crippen LogP contribution in [0, 0.1) is 6.92 Å². The zero-order chi connectivity index (χ0) is 16.9. The van der Waals surface area contributed by atoms with Crippen LogP contribution in [0.4, 0.5) is 0 Å². The van der Waals surface area contributed by atoms with Gasteiger partial charge in [-0.25, -0.2) is 0 Å². The Morgan fingerprint density at radius 3 is 2.38 bits per heavy atom. The van der Waals surface area contributed by atoms with Crippen LogP contribution in [0.5, 0.6) is 0 Å². The third kappa shape index (κ3) is 4.67. The number of benzene rings is 1. The molecule has 0 aliphatic carbocycles. The fraction of sp³-hybridized carbons (Fsp3) is 0.500. The molecule has 130 valence electrons. The standard InChI is InChI=1S/C20H29N3S/c1-16-9-10-20(24-16)17(2)21-19(18-7-5-4-6-8-18)15-23-13-11-22(3)12-14-23/h4-10,17,19,21H,11-15H2,1-3H3/t17-,19-/m1/s1. The lowest BCUT2D eigenvalue weighted by molar-refractivity contribution is 0.140. The summed E-state index contributed by atoms with van der Waals surface area (Å²) in [6.07, 6.45) is 0. The Bertz CT molecular complexity index is 617. The Kier molecular flexibility index (Phi) is 6.06. The Labute approximate surface area is 150 Å². The van der Waals surface area contributed by atoms with Crippen LogP contribution in [0.3, 0.4) is 0 Å². The van der Waals surface area contributed by atoms with Gasteiger partial charge in [-0.15, -0.1) is 11.3 Å². The Morgan fingerprint density at radius 2 is 1.75 bits per heavy atom. The summed E-state index contributed by atoms with van der Waals surface area (Å²) in [6.45, 7) is 10.2. The first-order valence-electron chi connectivity index (χ1n) is 8.90. The Hall–Kier alpha value is -1.20. The Morgan fingerprint density at radius 1 is 1.04 bits per heavy atom. The predicted molar refractivity (Wildman–Crippen MR) is 104 cm³/mol. The van der Waals surface area contributed by atoms with Crippen molar-refractivity contribution >= 4 is 11.3 Å². The third-order valence-electron chi connectivity index (χ3n) is 4.88. The van der Waals surface area contributed by atoms with Gasteiger partial charge in [-0.3, -0.25) is 4.90 Å². The lowest BCUT2D eigenvalue weighted by Gasteiger charge is -2.35. The highest BCUT2D eigenvalue weighted by atomic mass is 32.1. The highest BCUT2D eigenvalue weighted by Crippen LogP contribution is 2.26. The van der Waals surface area contributed by atoms with Crippen molar-refractivity contribution in [3.8, 4) is 0 Å². The molecule has 3 nitrogen and oxygen atoms in total. The molecular weight excluding hydrogens is 314 g/mol. The van der Waals surface area contributed by atoms with E-state index in [1.807, 2.05) is 11.3 Å². The number of piperazine rings is 1. The summed E-state index contributed by atoms with van der Waals surface area (Å²) in [7, 11) is 2.21. The fourth-order valence-electron chi connectivity index (χ4n) is 3.30. The summed E-state index contributed by atoms with van der Waals surface area (Å²) in [6, 6.07) is 16.1. The molecule has 24 heavy (non-hydrogen) atoms. The SMILES string of the molecule is Cc1ccc([C@@H](C)N[C@H](CN2CCN(C)CC2)c2ccccc2)s1. The molecule has 0 bridgehead atoms. The monoisotopic (exact) mass is 343 g/mol. The van der Waals surface area contributed by atoms with Gasteiger partial charge in [-0.2, -0.15) is 0 Å². The number of likely N-dealkylation sites (N-methyl/N-ethyl adjacent to an activating group) is 1. The molecule has 1 aromatic carbocycles. The first-order chi connectivity index (χ1) is 11.6. The second-order valence-corrected chi connectivity index (χ2v) is 8.22. The van der Waals surface area contributed by atoms with Crippen molar-refractivity contribution < 1.29 is 0 Å². The van der Waals surface area contributed by atoms with Gasteiger partial charge in [0.2, 0.25) is 0 Å².